The monoisotopic (exact) mass is 365 g/mol. The topological polar surface area (TPSA) is 41.8 Å². The van der Waals surface area contributed by atoms with Crippen LogP contribution in [0.4, 0.5) is 0 Å². The first kappa shape index (κ1) is 23.2. The Labute approximate surface area is 162 Å². The van der Waals surface area contributed by atoms with E-state index in [-0.39, 0.29) is 12.1 Å². The second-order valence-electron chi connectivity index (χ2n) is 7.86. The fourth-order valence-corrected chi connectivity index (χ4v) is 3.40. The molecule has 0 aromatic heterocycles. The summed E-state index contributed by atoms with van der Waals surface area (Å²) in [5.41, 5.74) is -0.350. The molecule has 0 radical (unpaired) electrons. The number of ether oxygens (including phenoxy) is 1. The molecule has 26 heavy (non-hydrogen) atoms. The van der Waals surface area contributed by atoms with Gasteiger partial charge in [0.25, 0.3) is 0 Å². The first-order chi connectivity index (χ1) is 12.8. The van der Waals surface area contributed by atoms with Crippen molar-refractivity contribution in [2.24, 2.45) is 4.99 Å². The largest absolute Gasteiger partial charge is 0.478 e. The second-order valence-corrected chi connectivity index (χ2v) is 7.86. The minimum atomic E-state index is -0.350. The minimum absolute atomic E-state index is 0.0966. The predicted octanol–water partition coefficient (Wildman–Crippen LogP) is 6.59. The van der Waals surface area contributed by atoms with Crippen LogP contribution < -0.4 is 0 Å². The van der Waals surface area contributed by atoms with Crippen molar-refractivity contribution in [3.8, 4) is 0 Å². The van der Waals surface area contributed by atoms with Gasteiger partial charge in [0, 0.05) is 6.42 Å². The van der Waals surface area contributed by atoms with E-state index < -0.39 is 0 Å². The number of aliphatic hydroxyl groups is 1. The van der Waals surface area contributed by atoms with Gasteiger partial charge in [0.15, 0.2) is 5.90 Å². The molecule has 1 aliphatic heterocycles. The highest BCUT2D eigenvalue weighted by molar-refractivity contribution is 5.78. The predicted molar refractivity (Wildman–Crippen MR) is 113 cm³/mol. The van der Waals surface area contributed by atoms with Crippen molar-refractivity contribution in [1.29, 1.82) is 0 Å². The smallest absolute Gasteiger partial charge is 0.184 e. The highest BCUT2D eigenvalue weighted by Gasteiger charge is 2.33. The third-order valence-corrected chi connectivity index (χ3v) is 5.47. The average Bonchev–Trinajstić information content (AvgIpc) is 3.09. The maximum absolute atomic E-state index is 9.45. The molecule has 0 aromatic rings. The molecule has 1 aliphatic rings. The summed E-state index contributed by atoms with van der Waals surface area (Å²) in [5, 5.41) is 9.45. The summed E-state index contributed by atoms with van der Waals surface area (Å²) in [7, 11) is 0. The molecule has 1 heterocycles. The van der Waals surface area contributed by atoms with Gasteiger partial charge >= 0.3 is 0 Å². The zero-order chi connectivity index (χ0) is 18.9. The van der Waals surface area contributed by atoms with Gasteiger partial charge in [-0.1, -0.05) is 77.4 Å². The molecule has 0 bridgehead atoms. The molecule has 1 rings (SSSR count). The number of aliphatic imine (C=N–C) groups is 1. The zero-order valence-electron chi connectivity index (χ0n) is 17.5. The summed E-state index contributed by atoms with van der Waals surface area (Å²) >= 11 is 0. The summed E-state index contributed by atoms with van der Waals surface area (Å²) in [5.74, 6) is 0.860. The van der Waals surface area contributed by atoms with Crippen LogP contribution in [0.25, 0.3) is 0 Å². The molecule has 0 aliphatic carbocycles. The van der Waals surface area contributed by atoms with Gasteiger partial charge in [0.2, 0.25) is 0 Å². The number of rotatable bonds is 17. The number of allylic oxidation sites excluding steroid dienone is 2. The van der Waals surface area contributed by atoms with Crippen LogP contribution in [0.1, 0.15) is 110 Å². The molecule has 0 fully saturated rings. The number of hydrogen-bond donors (Lipinski definition) is 1. The molecular formula is C23H43NO2. The van der Waals surface area contributed by atoms with Crippen LogP contribution in [0, 0.1) is 0 Å². The van der Waals surface area contributed by atoms with Crippen molar-refractivity contribution in [2.45, 2.75) is 116 Å². The normalized spacial score (nSPS) is 19.9. The Kier molecular flexibility index (Phi) is 13.6. The zero-order valence-corrected chi connectivity index (χ0v) is 17.5. The maximum Gasteiger partial charge on any atom is 0.184 e. The van der Waals surface area contributed by atoms with Crippen molar-refractivity contribution >= 4 is 5.90 Å². The summed E-state index contributed by atoms with van der Waals surface area (Å²) < 4.78 is 5.65. The van der Waals surface area contributed by atoms with Gasteiger partial charge in [0.05, 0.1) is 6.61 Å². The number of nitrogens with zero attached hydrogens (tertiary/aromatic N) is 1. The van der Waals surface area contributed by atoms with Crippen LogP contribution in [-0.4, -0.2) is 29.8 Å². The SMILES string of the molecule is CCCCCCCCC=CCCCCCCCC1=NC(CC)(CO)CO1. The van der Waals surface area contributed by atoms with Crippen LogP contribution in [0.15, 0.2) is 17.1 Å². The lowest BCUT2D eigenvalue weighted by Gasteiger charge is -2.17. The van der Waals surface area contributed by atoms with E-state index in [9.17, 15) is 5.11 Å². The van der Waals surface area contributed by atoms with Crippen LogP contribution >= 0.6 is 0 Å². The Morgan fingerprint density at radius 1 is 0.885 bits per heavy atom. The van der Waals surface area contributed by atoms with E-state index in [4.69, 9.17) is 4.74 Å². The van der Waals surface area contributed by atoms with Gasteiger partial charge in [-0.15, -0.1) is 0 Å². The molecule has 152 valence electrons. The van der Waals surface area contributed by atoms with Gasteiger partial charge in [-0.2, -0.15) is 0 Å². The number of unbranched alkanes of at least 4 members (excludes halogenated alkanes) is 11. The third kappa shape index (κ3) is 10.4. The lowest BCUT2D eigenvalue weighted by atomic mass is 10.0. The Balaban J connectivity index is 1.87. The van der Waals surface area contributed by atoms with E-state index >= 15 is 0 Å². The van der Waals surface area contributed by atoms with Crippen LogP contribution in [0.2, 0.25) is 0 Å². The first-order valence-corrected chi connectivity index (χ1v) is 11.2. The van der Waals surface area contributed by atoms with Gasteiger partial charge in [-0.3, -0.25) is 0 Å². The van der Waals surface area contributed by atoms with Crippen LogP contribution in [-0.2, 0) is 4.74 Å². The number of hydrogen-bond acceptors (Lipinski definition) is 3. The molecular weight excluding hydrogens is 322 g/mol. The van der Waals surface area contributed by atoms with E-state index in [1.807, 2.05) is 0 Å². The second kappa shape index (κ2) is 15.2. The molecule has 0 saturated carbocycles. The van der Waals surface area contributed by atoms with Crippen LogP contribution in [0.5, 0.6) is 0 Å². The minimum Gasteiger partial charge on any atom is -0.478 e. The maximum atomic E-state index is 9.45. The van der Waals surface area contributed by atoms with Crippen molar-refractivity contribution < 1.29 is 9.84 Å². The van der Waals surface area contributed by atoms with Gasteiger partial charge < -0.3 is 9.84 Å². The van der Waals surface area contributed by atoms with Gasteiger partial charge in [-0.25, -0.2) is 4.99 Å². The van der Waals surface area contributed by atoms with E-state index in [1.54, 1.807) is 0 Å². The fourth-order valence-electron chi connectivity index (χ4n) is 3.40. The van der Waals surface area contributed by atoms with Crippen molar-refractivity contribution in [3.63, 3.8) is 0 Å². The molecule has 0 aromatic carbocycles. The third-order valence-electron chi connectivity index (χ3n) is 5.47. The van der Waals surface area contributed by atoms with Gasteiger partial charge in [0.1, 0.15) is 12.1 Å². The molecule has 1 unspecified atom stereocenters. The van der Waals surface area contributed by atoms with E-state index in [1.165, 1.54) is 77.0 Å². The van der Waals surface area contributed by atoms with E-state index in [2.05, 4.69) is 31.0 Å². The molecule has 3 heteroatoms. The summed E-state index contributed by atoms with van der Waals surface area (Å²) in [6.45, 7) is 4.99. The number of aliphatic hydroxyl groups excluding tert-OH is 1. The quantitative estimate of drug-likeness (QED) is 0.233. The Hall–Kier alpha value is -0.830. The summed E-state index contributed by atoms with van der Waals surface area (Å²) in [6, 6.07) is 0. The fraction of sp³-hybridized carbons (Fsp3) is 0.870. The Morgan fingerprint density at radius 3 is 2.00 bits per heavy atom. The molecule has 0 saturated heterocycles. The lowest BCUT2D eigenvalue weighted by Crippen LogP contribution is -2.31. The summed E-state index contributed by atoms with van der Waals surface area (Å²) in [6.07, 6.45) is 23.7. The average molecular weight is 366 g/mol. The Morgan fingerprint density at radius 2 is 1.46 bits per heavy atom. The standard InChI is InChI=1S/C23H43NO2/c1-3-5-6-7-8-9-10-11-12-13-14-15-16-17-18-19-22-24-23(4-2,20-25)21-26-22/h11-12,25H,3-10,13-21H2,1-2H3. The van der Waals surface area contributed by atoms with Crippen molar-refractivity contribution in [2.75, 3.05) is 13.2 Å². The molecule has 0 amide bonds. The highest BCUT2D eigenvalue weighted by Crippen LogP contribution is 2.24. The molecule has 0 spiro atoms. The lowest BCUT2D eigenvalue weighted by molar-refractivity contribution is 0.153. The van der Waals surface area contributed by atoms with Crippen molar-refractivity contribution in [3.05, 3.63) is 12.2 Å². The van der Waals surface area contributed by atoms with Gasteiger partial charge in [-0.05, 0) is 38.5 Å². The van der Waals surface area contributed by atoms with Crippen molar-refractivity contribution in [1.82, 2.24) is 0 Å². The van der Waals surface area contributed by atoms with E-state index in [0.29, 0.717) is 6.61 Å². The Bertz CT molecular complexity index is 386. The first-order valence-electron chi connectivity index (χ1n) is 11.2. The van der Waals surface area contributed by atoms with Crippen LogP contribution in [0.3, 0.4) is 0 Å². The highest BCUT2D eigenvalue weighted by atomic mass is 16.5. The molecule has 3 nitrogen and oxygen atoms in total. The molecule has 1 N–H and O–H groups in total. The van der Waals surface area contributed by atoms with E-state index in [0.717, 1.165) is 25.2 Å². The molecule has 1 atom stereocenters. The summed E-state index contributed by atoms with van der Waals surface area (Å²) in [4.78, 5) is 4.60.